The maximum absolute atomic E-state index is 10.4. The molecule has 1 aliphatic rings. The van der Waals surface area contributed by atoms with Gasteiger partial charge in [0.05, 0.1) is 6.61 Å². The molecule has 0 aromatic carbocycles. The van der Waals surface area contributed by atoms with E-state index >= 15 is 0 Å². The SMILES string of the molecule is NC(=O)O.NCCO.O=C1CC[C@@H](C(=O)O)N1. The van der Waals surface area contributed by atoms with Crippen LogP contribution in [0.25, 0.3) is 0 Å². The number of carbonyl (C=O) groups is 3. The highest BCUT2D eigenvalue weighted by molar-refractivity contribution is 5.87. The highest BCUT2D eigenvalue weighted by Crippen LogP contribution is 2.05. The van der Waals surface area contributed by atoms with Gasteiger partial charge < -0.3 is 32.1 Å². The van der Waals surface area contributed by atoms with Crippen molar-refractivity contribution in [1.29, 1.82) is 0 Å². The first-order chi connectivity index (χ1) is 7.84. The van der Waals surface area contributed by atoms with Gasteiger partial charge in [0.2, 0.25) is 5.91 Å². The fourth-order valence-electron chi connectivity index (χ4n) is 0.799. The largest absolute Gasteiger partial charge is 0.480 e. The molecule has 0 spiro atoms. The molecule has 0 unspecified atom stereocenters. The molecule has 17 heavy (non-hydrogen) atoms. The maximum Gasteiger partial charge on any atom is 0.402 e. The molecular formula is C8H17N3O6. The molecule has 0 aliphatic carbocycles. The first-order valence-corrected chi connectivity index (χ1v) is 4.66. The quantitative estimate of drug-likeness (QED) is 0.326. The zero-order chi connectivity index (χ0) is 13.8. The van der Waals surface area contributed by atoms with Gasteiger partial charge in [-0.25, -0.2) is 9.59 Å². The molecule has 1 rings (SSSR count). The molecule has 1 saturated heterocycles. The summed E-state index contributed by atoms with van der Waals surface area (Å²) in [7, 11) is 0. The molecule has 2 amide bonds. The van der Waals surface area contributed by atoms with E-state index < -0.39 is 18.1 Å². The lowest BCUT2D eigenvalue weighted by atomic mass is 10.2. The van der Waals surface area contributed by atoms with Crippen LogP contribution < -0.4 is 16.8 Å². The number of aliphatic hydroxyl groups excluding tert-OH is 1. The van der Waals surface area contributed by atoms with Crippen molar-refractivity contribution in [1.82, 2.24) is 5.32 Å². The zero-order valence-corrected chi connectivity index (χ0v) is 9.13. The fourth-order valence-corrected chi connectivity index (χ4v) is 0.799. The monoisotopic (exact) mass is 251 g/mol. The van der Waals surface area contributed by atoms with Crippen LogP contribution in [-0.2, 0) is 9.59 Å². The molecule has 1 atom stereocenters. The Balaban J connectivity index is 0. The number of nitrogens with two attached hydrogens (primary N) is 2. The van der Waals surface area contributed by atoms with Gasteiger partial charge >= 0.3 is 12.1 Å². The first-order valence-electron chi connectivity index (χ1n) is 4.66. The van der Waals surface area contributed by atoms with Crippen molar-refractivity contribution >= 4 is 18.0 Å². The molecule has 1 heterocycles. The smallest absolute Gasteiger partial charge is 0.402 e. The minimum Gasteiger partial charge on any atom is -0.480 e. The lowest BCUT2D eigenvalue weighted by molar-refractivity contribution is -0.140. The lowest BCUT2D eigenvalue weighted by Crippen LogP contribution is -2.32. The van der Waals surface area contributed by atoms with E-state index in [4.69, 9.17) is 25.8 Å². The maximum atomic E-state index is 10.4. The lowest BCUT2D eigenvalue weighted by Gasteiger charge is -1.99. The Labute approximate surface area is 97.4 Å². The van der Waals surface area contributed by atoms with E-state index in [0.717, 1.165) is 0 Å². The summed E-state index contributed by atoms with van der Waals surface area (Å²) in [6.45, 7) is 0.472. The number of carboxylic acids is 1. The Morgan fingerprint density at radius 2 is 1.82 bits per heavy atom. The molecule has 0 radical (unpaired) electrons. The van der Waals surface area contributed by atoms with E-state index in [0.29, 0.717) is 19.4 Å². The number of aliphatic hydroxyl groups is 1. The van der Waals surface area contributed by atoms with Crippen molar-refractivity contribution in [3.05, 3.63) is 0 Å². The summed E-state index contributed by atoms with van der Waals surface area (Å²) in [6, 6.07) is -0.641. The third-order valence-electron chi connectivity index (χ3n) is 1.42. The summed E-state index contributed by atoms with van der Waals surface area (Å²) in [6.07, 6.45) is -0.564. The van der Waals surface area contributed by atoms with E-state index in [1.165, 1.54) is 0 Å². The van der Waals surface area contributed by atoms with E-state index in [1.54, 1.807) is 0 Å². The van der Waals surface area contributed by atoms with Gasteiger partial charge in [-0.05, 0) is 6.42 Å². The Morgan fingerprint density at radius 3 is 1.94 bits per heavy atom. The van der Waals surface area contributed by atoms with Crippen molar-refractivity contribution in [2.24, 2.45) is 11.5 Å². The molecule has 0 saturated carbocycles. The summed E-state index contributed by atoms with van der Waals surface area (Å²) in [5.74, 6) is -1.11. The Kier molecular flexibility index (Phi) is 11.0. The van der Waals surface area contributed by atoms with Crippen LogP contribution in [0.5, 0.6) is 0 Å². The van der Waals surface area contributed by atoms with Gasteiger partial charge in [0, 0.05) is 13.0 Å². The number of nitrogens with one attached hydrogen (secondary N) is 1. The first kappa shape index (κ1) is 17.5. The van der Waals surface area contributed by atoms with Crippen LogP contribution in [0, 0.1) is 0 Å². The molecule has 9 nitrogen and oxygen atoms in total. The molecular weight excluding hydrogens is 234 g/mol. The number of primary amides is 1. The Bertz CT molecular complexity index is 252. The molecule has 100 valence electrons. The molecule has 8 N–H and O–H groups in total. The molecule has 0 aromatic heterocycles. The van der Waals surface area contributed by atoms with Gasteiger partial charge in [0.25, 0.3) is 0 Å². The number of hydrogen-bond acceptors (Lipinski definition) is 5. The number of amides is 2. The highest BCUT2D eigenvalue weighted by atomic mass is 16.4. The van der Waals surface area contributed by atoms with Gasteiger partial charge in [0.15, 0.2) is 0 Å². The molecule has 1 fully saturated rings. The van der Waals surface area contributed by atoms with Crippen LogP contribution in [0.3, 0.4) is 0 Å². The normalized spacial score (nSPS) is 16.8. The van der Waals surface area contributed by atoms with Crippen LogP contribution in [0.4, 0.5) is 4.79 Å². The third kappa shape index (κ3) is 14.1. The molecule has 1 aliphatic heterocycles. The van der Waals surface area contributed by atoms with Gasteiger partial charge in [-0.2, -0.15) is 0 Å². The van der Waals surface area contributed by atoms with Gasteiger partial charge in [-0.1, -0.05) is 0 Å². The van der Waals surface area contributed by atoms with E-state index in [2.05, 4.69) is 11.1 Å². The fraction of sp³-hybridized carbons (Fsp3) is 0.625. The summed E-state index contributed by atoms with van der Waals surface area (Å²) in [5, 5.41) is 25.6. The van der Waals surface area contributed by atoms with Crippen LogP contribution >= 0.6 is 0 Å². The summed E-state index contributed by atoms with van der Waals surface area (Å²) >= 11 is 0. The standard InChI is InChI=1S/C5H7NO3.C2H7NO.CH3NO2/c7-4-2-1-3(6-4)5(8)9;3-1-2-4;2-1(3)4/h3H,1-2H2,(H,6,7)(H,8,9);4H,1-3H2;2H2,(H,3,4)/t3-;;/m0../s1. The van der Waals surface area contributed by atoms with E-state index in [9.17, 15) is 9.59 Å². The average Bonchev–Trinajstić information content (AvgIpc) is 2.64. The topological polar surface area (TPSA) is 176 Å². The highest BCUT2D eigenvalue weighted by Gasteiger charge is 2.26. The predicted molar refractivity (Wildman–Crippen MR) is 57.2 cm³/mol. The minimum absolute atomic E-state index is 0.0972. The van der Waals surface area contributed by atoms with Crippen molar-refractivity contribution < 1.29 is 29.7 Å². The number of hydrogen-bond donors (Lipinski definition) is 6. The second kappa shape index (κ2) is 10.6. The molecule has 9 heteroatoms. The number of carbonyl (C=O) groups excluding carboxylic acids is 1. The van der Waals surface area contributed by atoms with Crippen molar-refractivity contribution in [2.45, 2.75) is 18.9 Å². The van der Waals surface area contributed by atoms with Crippen LogP contribution in [0.15, 0.2) is 0 Å². The minimum atomic E-state index is -1.33. The molecule has 0 bridgehead atoms. The number of carboxylic acid groups (broad SMARTS) is 2. The Morgan fingerprint density at radius 1 is 1.41 bits per heavy atom. The Hall–Kier alpha value is -1.87. The summed E-state index contributed by atoms with van der Waals surface area (Å²) in [5.41, 5.74) is 8.81. The van der Waals surface area contributed by atoms with Crippen molar-refractivity contribution in [3.8, 4) is 0 Å². The zero-order valence-electron chi connectivity index (χ0n) is 9.13. The number of rotatable bonds is 2. The van der Waals surface area contributed by atoms with Gasteiger partial charge in [-0.3, -0.25) is 4.79 Å². The van der Waals surface area contributed by atoms with Crippen LogP contribution in [0.1, 0.15) is 12.8 Å². The van der Waals surface area contributed by atoms with Crippen molar-refractivity contribution in [3.63, 3.8) is 0 Å². The van der Waals surface area contributed by atoms with Gasteiger partial charge in [-0.15, -0.1) is 0 Å². The predicted octanol–water partition coefficient (Wildman–Crippen LogP) is -2.09. The van der Waals surface area contributed by atoms with Gasteiger partial charge in [0.1, 0.15) is 6.04 Å². The van der Waals surface area contributed by atoms with Crippen molar-refractivity contribution in [2.75, 3.05) is 13.2 Å². The summed E-state index contributed by atoms with van der Waals surface area (Å²) in [4.78, 5) is 29.3. The third-order valence-corrected chi connectivity index (χ3v) is 1.42. The summed E-state index contributed by atoms with van der Waals surface area (Å²) < 4.78 is 0. The second-order valence-electron chi connectivity index (χ2n) is 2.85. The second-order valence-corrected chi connectivity index (χ2v) is 2.85. The van der Waals surface area contributed by atoms with E-state index in [-0.39, 0.29) is 12.5 Å². The molecule has 0 aromatic rings. The van der Waals surface area contributed by atoms with Crippen LogP contribution in [0.2, 0.25) is 0 Å². The number of aliphatic carboxylic acids is 1. The van der Waals surface area contributed by atoms with E-state index in [1.807, 2.05) is 0 Å². The van der Waals surface area contributed by atoms with Crippen LogP contribution in [-0.4, -0.2) is 52.5 Å². The average molecular weight is 251 g/mol.